The number of pyridine rings is 1. The Morgan fingerprint density at radius 3 is 2.10 bits per heavy atom. The Balaban J connectivity index is 1.32. The lowest BCUT2D eigenvalue weighted by atomic mass is 10.1. The summed E-state index contributed by atoms with van der Waals surface area (Å²) in [5.74, 6) is 1.15. The summed E-state index contributed by atoms with van der Waals surface area (Å²) in [5, 5.41) is 0. The van der Waals surface area contributed by atoms with Gasteiger partial charge in [0, 0.05) is 58.6 Å². The highest BCUT2D eigenvalue weighted by Gasteiger charge is 2.28. The zero-order valence-corrected chi connectivity index (χ0v) is 18.1. The molecule has 0 saturated carbocycles. The predicted octanol–water partition coefficient (Wildman–Crippen LogP) is 2.23. The van der Waals surface area contributed by atoms with Crippen molar-refractivity contribution < 1.29 is 9.59 Å². The van der Waals surface area contributed by atoms with Gasteiger partial charge in [0.15, 0.2) is 0 Å². The van der Waals surface area contributed by atoms with Gasteiger partial charge in [-0.1, -0.05) is 12.8 Å². The van der Waals surface area contributed by atoms with Crippen LogP contribution in [-0.2, 0) is 4.79 Å². The maximum Gasteiger partial charge on any atom is 0.257 e. The Kier molecular flexibility index (Phi) is 7.20. The van der Waals surface area contributed by atoms with Gasteiger partial charge in [-0.05, 0) is 44.2 Å². The molecular formula is C23H35N5O2. The number of anilines is 1. The fraction of sp³-hybridized carbons (Fsp3) is 0.696. The second kappa shape index (κ2) is 10.2. The average molecular weight is 414 g/mol. The van der Waals surface area contributed by atoms with E-state index in [0.29, 0.717) is 25.2 Å². The van der Waals surface area contributed by atoms with Crippen molar-refractivity contribution in [3.05, 3.63) is 23.9 Å². The van der Waals surface area contributed by atoms with E-state index in [9.17, 15) is 9.59 Å². The molecule has 0 radical (unpaired) electrons. The third-order valence-corrected chi connectivity index (χ3v) is 6.65. The maximum absolute atomic E-state index is 13.2. The monoisotopic (exact) mass is 413 g/mol. The molecule has 3 fully saturated rings. The first-order chi connectivity index (χ1) is 14.7. The number of amides is 2. The van der Waals surface area contributed by atoms with Gasteiger partial charge in [0.25, 0.3) is 5.91 Å². The largest absolute Gasteiger partial charge is 0.356 e. The standard InChI is InChI=1S/C23H35N5O2/c29-21(26-11-4-1-2-5-12-26)19-25-15-17-28(18-16-25)23(30)20-9-8-10-24-22(20)27-13-6-3-7-14-27/h8-10H,1-7,11-19H2. The van der Waals surface area contributed by atoms with Gasteiger partial charge in [0.05, 0.1) is 12.1 Å². The first-order valence-corrected chi connectivity index (χ1v) is 11.7. The summed E-state index contributed by atoms with van der Waals surface area (Å²) in [6, 6.07) is 3.77. The number of carbonyl (C=O) groups is 2. The molecule has 4 rings (SSSR count). The number of hydrogen-bond donors (Lipinski definition) is 0. The van der Waals surface area contributed by atoms with Crippen molar-refractivity contribution in [2.75, 3.05) is 63.8 Å². The van der Waals surface area contributed by atoms with Crippen molar-refractivity contribution in [1.29, 1.82) is 0 Å². The lowest BCUT2D eigenvalue weighted by Crippen LogP contribution is -2.51. The fourth-order valence-electron chi connectivity index (χ4n) is 4.81. The summed E-state index contributed by atoms with van der Waals surface area (Å²) in [4.78, 5) is 38.9. The Bertz CT molecular complexity index is 718. The zero-order chi connectivity index (χ0) is 20.8. The number of nitrogens with zero attached hydrogens (tertiary/aromatic N) is 5. The minimum atomic E-state index is 0.0715. The van der Waals surface area contributed by atoms with Gasteiger partial charge in [0.1, 0.15) is 5.82 Å². The molecule has 3 aliphatic rings. The second-order valence-electron chi connectivity index (χ2n) is 8.79. The van der Waals surface area contributed by atoms with Crippen LogP contribution < -0.4 is 4.90 Å². The van der Waals surface area contributed by atoms with Crippen LogP contribution in [0.4, 0.5) is 5.82 Å². The van der Waals surface area contributed by atoms with Crippen LogP contribution in [0.15, 0.2) is 18.3 Å². The number of carbonyl (C=O) groups excluding carboxylic acids is 2. The van der Waals surface area contributed by atoms with Crippen LogP contribution in [0.5, 0.6) is 0 Å². The van der Waals surface area contributed by atoms with E-state index in [-0.39, 0.29) is 11.8 Å². The molecule has 30 heavy (non-hydrogen) atoms. The van der Waals surface area contributed by atoms with Crippen molar-refractivity contribution in [2.24, 2.45) is 0 Å². The molecule has 164 valence electrons. The minimum absolute atomic E-state index is 0.0715. The lowest BCUT2D eigenvalue weighted by Gasteiger charge is -2.36. The molecule has 0 spiro atoms. The third kappa shape index (κ3) is 5.12. The average Bonchev–Trinajstić information content (AvgIpc) is 3.09. The summed E-state index contributed by atoms with van der Waals surface area (Å²) in [7, 11) is 0. The van der Waals surface area contributed by atoms with Crippen molar-refractivity contribution in [3.63, 3.8) is 0 Å². The Labute approximate surface area is 180 Å². The quantitative estimate of drug-likeness (QED) is 0.758. The Morgan fingerprint density at radius 2 is 1.40 bits per heavy atom. The number of aromatic nitrogens is 1. The maximum atomic E-state index is 13.2. The predicted molar refractivity (Wildman–Crippen MR) is 118 cm³/mol. The van der Waals surface area contributed by atoms with E-state index in [0.717, 1.165) is 70.8 Å². The number of hydrogen-bond acceptors (Lipinski definition) is 5. The zero-order valence-electron chi connectivity index (χ0n) is 18.1. The van der Waals surface area contributed by atoms with E-state index in [1.807, 2.05) is 21.9 Å². The highest BCUT2D eigenvalue weighted by molar-refractivity contribution is 5.99. The topological polar surface area (TPSA) is 60.0 Å². The normalized spacial score (nSPS) is 21.4. The van der Waals surface area contributed by atoms with Crippen molar-refractivity contribution in [2.45, 2.75) is 44.9 Å². The number of likely N-dealkylation sites (tertiary alicyclic amines) is 1. The molecule has 3 aliphatic heterocycles. The molecule has 0 unspecified atom stereocenters. The number of piperazine rings is 1. The van der Waals surface area contributed by atoms with Crippen LogP contribution in [0.1, 0.15) is 55.3 Å². The van der Waals surface area contributed by atoms with E-state index in [1.165, 1.54) is 19.3 Å². The SMILES string of the molecule is O=C(CN1CCN(C(=O)c2cccnc2N2CCCCC2)CC1)N1CCCCCC1. The van der Waals surface area contributed by atoms with Crippen LogP contribution >= 0.6 is 0 Å². The molecule has 2 amide bonds. The Morgan fingerprint density at radius 1 is 0.767 bits per heavy atom. The van der Waals surface area contributed by atoms with Crippen molar-refractivity contribution >= 4 is 17.6 Å². The van der Waals surface area contributed by atoms with Gasteiger partial charge in [-0.2, -0.15) is 0 Å². The molecule has 0 aromatic carbocycles. The first kappa shape index (κ1) is 21.1. The summed E-state index contributed by atoms with van der Waals surface area (Å²) in [6.07, 6.45) is 10.1. The highest BCUT2D eigenvalue weighted by Crippen LogP contribution is 2.23. The highest BCUT2D eigenvalue weighted by atomic mass is 16.2. The minimum Gasteiger partial charge on any atom is -0.356 e. The van der Waals surface area contributed by atoms with Crippen molar-refractivity contribution in [3.8, 4) is 0 Å². The third-order valence-electron chi connectivity index (χ3n) is 6.65. The van der Waals surface area contributed by atoms with Gasteiger partial charge in [-0.25, -0.2) is 4.98 Å². The molecule has 4 heterocycles. The van der Waals surface area contributed by atoms with Crippen molar-refractivity contribution in [1.82, 2.24) is 19.7 Å². The van der Waals surface area contributed by atoms with Crippen LogP contribution in [0.3, 0.4) is 0 Å². The van der Waals surface area contributed by atoms with E-state index in [4.69, 9.17) is 0 Å². The van der Waals surface area contributed by atoms with Gasteiger partial charge in [-0.15, -0.1) is 0 Å². The van der Waals surface area contributed by atoms with E-state index >= 15 is 0 Å². The lowest BCUT2D eigenvalue weighted by molar-refractivity contribution is -0.132. The molecule has 3 saturated heterocycles. The summed E-state index contributed by atoms with van der Waals surface area (Å²) in [5.41, 5.74) is 0.716. The van der Waals surface area contributed by atoms with E-state index < -0.39 is 0 Å². The summed E-state index contributed by atoms with van der Waals surface area (Å²) < 4.78 is 0. The molecule has 1 aromatic heterocycles. The summed E-state index contributed by atoms with van der Waals surface area (Å²) >= 11 is 0. The number of rotatable bonds is 4. The molecule has 7 nitrogen and oxygen atoms in total. The molecule has 1 aromatic rings. The smallest absolute Gasteiger partial charge is 0.257 e. The van der Waals surface area contributed by atoms with Crippen LogP contribution in [-0.4, -0.2) is 90.4 Å². The van der Waals surface area contributed by atoms with E-state index in [2.05, 4.69) is 14.8 Å². The first-order valence-electron chi connectivity index (χ1n) is 11.7. The van der Waals surface area contributed by atoms with Gasteiger partial charge >= 0.3 is 0 Å². The van der Waals surface area contributed by atoms with Crippen LogP contribution in [0.2, 0.25) is 0 Å². The van der Waals surface area contributed by atoms with Crippen LogP contribution in [0.25, 0.3) is 0 Å². The molecular weight excluding hydrogens is 378 g/mol. The summed E-state index contributed by atoms with van der Waals surface area (Å²) in [6.45, 7) is 7.08. The van der Waals surface area contributed by atoms with E-state index in [1.54, 1.807) is 6.20 Å². The van der Waals surface area contributed by atoms with Gasteiger partial charge < -0.3 is 14.7 Å². The number of piperidine rings is 1. The Hall–Kier alpha value is -2.15. The second-order valence-corrected chi connectivity index (χ2v) is 8.79. The molecule has 7 heteroatoms. The van der Waals surface area contributed by atoms with Gasteiger partial charge in [-0.3, -0.25) is 14.5 Å². The molecule has 0 N–H and O–H groups in total. The molecule has 0 bridgehead atoms. The van der Waals surface area contributed by atoms with Gasteiger partial charge in [0.2, 0.25) is 5.91 Å². The molecule has 0 atom stereocenters. The fourth-order valence-corrected chi connectivity index (χ4v) is 4.81. The van der Waals surface area contributed by atoms with Crippen LogP contribution in [0, 0.1) is 0 Å². The molecule has 0 aliphatic carbocycles.